The molecule has 0 unspecified atom stereocenters. The van der Waals surface area contributed by atoms with Crippen LogP contribution in [0.15, 0.2) is 0 Å². The summed E-state index contributed by atoms with van der Waals surface area (Å²) in [6.07, 6.45) is 0. The summed E-state index contributed by atoms with van der Waals surface area (Å²) in [5, 5.41) is 0. The van der Waals surface area contributed by atoms with Crippen LogP contribution in [0.1, 0.15) is 8.56 Å². The summed E-state index contributed by atoms with van der Waals surface area (Å²) in [4.78, 5) is 0. The molecule has 0 atom stereocenters. The smallest absolute Gasteiger partial charge is 1.00 e. The van der Waals surface area contributed by atoms with Crippen molar-refractivity contribution in [2.45, 2.75) is 0 Å². The van der Waals surface area contributed by atoms with Crippen LogP contribution in [0.5, 0.6) is 0 Å². The second kappa shape index (κ2) is 31.0. The van der Waals surface area contributed by atoms with Gasteiger partial charge in [0.25, 0.3) is 0 Å². The molecule has 0 aliphatic heterocycles. The predicted molar refractivity (Wildman–Crippen MR) is 18.2 cm³/mol. The Bertz CT molecular complexity index is 27.5. The van der Waals surface area contributed by atoms with Crippen molar-refractivity contribution >= 4 is 60.8 Å². The van der Waals surface area contributed by atoms with Crippen LogP contribution < -0.4 is 80.9 Å². The monoisotopic (exact) mass is 251 g/mol. The van der Waals surface area contributed by atoms with Crippen molar-refractivity contribution in [3.05, 3.63) is 0 Å². The van der Waals surface area contributed by atoms with E-state index in [1.807, 2.05) is 0 Å². The molecule has 6 heavy (non-hydrogen) atoms. The fourth-order valence-corrected chi connectivity index (χ4v) is 0. The van der Waals surface area contributed by atoms with Crippen molar-refractivity contribution in [3.8, 4) is 0 Å². The molecule has 0 heterocycles. The van der Waals surface area contributed by atoms with Crippen LogP contribution in [0.2, 0.25) is 0 Å². The van der Waals surface area contributed by atoms with Crippen LogP contribution in [0, 0.1) is 0 Å². The SMILES string of the molecule is [Ca+2].[Cu].[Fe].[H-].[H-].[H-].[H-].[H-].[H-].[K+].[Mg+2].[Na+]. The van der Waals surface area contributed by atoms with Gasteiger partial charge in [0.15, 0.2) is 0 Å². The molecule has 0 aliphatic carbocycles. The first-order valence-electron chi connectivity index (χ1n) is 0. The summed E-state index contributed by atoms with van der Waals surface area (Å²) in [6.45, 7) is 0. The van der Waals surface area contributed by atoms with Gasteiger partial charge >= 0.3 is 142 Å². The molecule has 0 fully saturated rings. The summed E-state index contributed by atoms with van der Waals surface area (Å²) in [5.41, 5.74) is 0. The van der Waals surface area contributed by atoms with Gasteiger partial charge in [0.2, 0.25) is 0 Å². The van der Waals surface area contributed by atoms with Crippen molar-refractivity contribution in [2.75, 3.05) is 0 Å². The average Bonchev–Trinajstić information content (AvgIpc) is 0. The van der Waals surface area contributed by atoms with Crippen LogP contribution in [0.4, 0.5) is 0 Å². The van der Waals surface area contributed by atoms with Gasteiger partial charge in [0.1, 0.15) is 0 Å². The molecular formula is H6CaCuFeKMgNa. The molecule has 6 heteroatoms. The normalized spacial score (nSPS) is 0. The zero-order valence-electron chi connectivity index (χ0n) is 10.1. The summed E-state index contributed by atoms with van der Waals surface area (Å²) >= 11 is 0. The molecule has 0 amide bonds. The maximum atomic E-state index is 0. The molecule has 0 saturated carbocycles. The Labute approximate surface area is 179 Å². The summed E-state index contributed by atoms with van der Waals surface area (Å²) in [5.74, 6) is 0. The maximum Gasteiger partial charge on any atom is 2.00 e. The van der Waals surface area contributed by atoms with Crippen LogP contribution >= 0.6 is 0 Å². The second-order valence-corrected chi connectivity index (χ2v) is 0. The first-order chi connectivity index (χ1) is 0. The molecule has 0 aromatic rings. The van der Waals surface area contributed by atoms with Gasteiger partial charge in [-0.3, -0.25) is 0 Å². The Balaban J connectivity index is 0. The molecule has 0 N–H and O–H groups in total. The van der Waals surface area contributed by atoms with Crippen LogP contribution in [-0.4, -0.2) is 60.8 Å². The van der Waals surface area contributed by atoms with Crippen molar-refractivity contribution in [2.24, 2.45) is 0 Å². The Hall–Kier alpha value is 5.70. The number of rotatable bonds is 0. The van der Waals surface area contributed by atoms with Crippen molar-refractivity contribution in [1.82, 2.24) is 0 Å². The Morgan fingerprint density at radius 1 is 1.17 bits per heavy atom. The Morgan fingerprint density at radius 3 is 1.17 bits per heavy atom. The van der Waals surface area contributed by atoms with E-state index in [-0.39, 0.29) is 184 Å². The first kappa shape index (κ1) is 41.2. The van der Waals surface area contributed by atoms with Gasteiger partial charge in [0, 0.05) is 34.1 Å². The summed E-state index contributed by atoms with van der Waals surface area (Å²) in [7, 11) is 0. The van der Waals surface area contributed by atoms with Crippen molar-refractivity contribution in [1.29, 1.82) is 0 Å². The fraction of sp³-hybridized carbons (Fsp3) is 0. The van der Waals surface area contributed by atoms with Crippen LogP contribution in [-0.2, 0) is 34.1 Å². The van der Waals surface area contributed by atoms with Gasteiger partial charge in [-0.15, -0.1) is 0 Å². The van der Waals surface area contributed by atoms with Crippen LogP contribution in [0.25, 0.3) is 0 Å². The van der Waals surface area contributed by atoms with Gasteiger partial charge in [-0.2, -0.15) is 0 Å². The first-order valence-corrected chi connectivity index (χ1v) is 0. The summed E-state index contributed by atoms with van der Waals surface area (Å²) < 4.78 is 0. The minimum absolute atomic E-state index is 0. The minimum atomic E-state index is 0. The predicted octanol–water partition coefficient (Wildman–Crippen LogP) is -6.08. The molecule has 0 nitrogen and oxygen atoms in total. The maximum absolute atomic E-state index is 0. The van der Waals surface area contributed by atoms with Gasteiger partial charge in [0.05, 0.1) is 0 Å². The van der Waals surface area contributed by atoms with Gasteiger partial charge < -0.3 is 8.56 Å². The zero-order valence-corrected chi connectivity index (χ0v) is 14.9. The Morgan fingerprint density at radius 2 is 1.17 bits per heavy atom. The molecule has 0 aliphatic rings. The van der Waals surface area contributed by atoms with Crippen LogP contribution in [0.3, 0.4) is 0 Å². The average molecular weight is 252 g/mol. The molecule has 0 aromatic carbocycles. The molecular weight excluding hydrogens is 246 g/mol. The van der Waals surface area contributed by atoms with Crippen molar-refractivity contribution in [3.63, 3.8) is 0 Å². The number of hydrogen-bond acceptors (Lipinski definition) is 0. The van der Waals surface area contributed by atoms with E-state index in [1.54, 1.807) is 0 Å². The zero-order chi connectivity index (χ0) is 0. The molecule has 0 rings (SSSR count). The molecule has 31 valence electrons. The minimum Gasteiger partial charge on any atom is -1.00 e. The van der Waals surface area contributed by atoms with Gasteiger partial charge in [-0.25, -0.2) is 0 Å². The van der Waals surface area contributed by atoms with E-state index in [4.69, 9.17) is 0 Å². The number of hydrogen-bond donors (Lipinski definition) is 0. The Kier molecular flexibility index (Phi) is 213. The third kappa shape index (κ3) is 22.6. The standard InChI is InChI=1S/Ca.Cu.Fe.K.Mg.Na.6H/q+2;;;+1;+2;+1;6*-1. The van der Waals surface area contributed by atoms with E-state index in [2.05, 4.69) is 0 Å². The van der Waals surface area contributed by atoms with E-state index >= 15 is 0 Å². The third-order valence-corrected chi connectivity index (χ3v) is 0. The third-order valence-electron chi connectivity index (χ3n) is 0. The van der Waals surface area contributed by atoms with Gasteiger partial charge in [-0.1, -0.05) is 0 Å². The van der Waals surface area contributed by atoms with E-state index < -0.39 is 0 Å². The molecule has 1 radical (unpaired) electrons. The largest absolute Gasteiger partial charge is 2.00 e. The summed E-state index contributed by atoms with van der Waals surface area (Å²) in [6, 6.07) is 0. The molecule has 0 saturated heterocycles. The van der Waals surface area contributed by atoms with Gasteiger partial charge in [-0.05, 0) is 0 Å². The van der Waals surface area contributed by atoms with Crippen molar-refractivity contribution < 1.29 is 124 Å². The quantitative estimate of drug-likeness (QED) is 0.376. The van der Waals surface area contributed by atoms with E-state index in [0.717, 1.165) is 0 Å². The van der Waals surface area contributed by atoms with E-state index in [9.17, 15) is 0 Å². The topological polar surface area (TPSA) is 0 Å². The molecule has 0 spiro atoms. The fourth-order valence-electron chi connectivity index (χ4n) is 0. The van der Waals surface area contributed by atoms with E-state index in [0.29, 0.717) is 0 Å². The molecule has 0 aromatic heterocycles. The second-order valence-electron chi connectivity index (χ2n) is 0. The van der Waals surface area contributed by atoms with E-state index in [1.165, 1.54) is 0 Å². The molecule has 0 bridgehead atoms.